The lowest BCUT2D eigenvalue weighted by molar-refractivity contribution is -0.150. The van der Waals surface area contributed by atoms with Crippen LogP contribution >= 0.6 is 0 Å². The van der Waals surface area contributed by atoms with Crippen molar-refractivity contribution >= 4 is 17.8 Å². The zero-order chi connectivity index (χ0) is 15.7. The second kappa shape index (κ2) is 5.54. The van der Waals surface area contributed by atoms with Gasteiger partial charge < -0.3 is 15.7 Å². The SMILES string of the molecule is NC(=O)c1ccnc(N2CC(F)C(F)C(C(=O)O)C2F)n1. The smallest absolute Gasteiger partial charge is 0.314 e. The molecule has 2 rings (SSSR count). The van der Waals surface area contributed by atoms with E-state index in [0.717, 1.165) is 12.3 Å². The lowest BCUT2D eigenvalue weighted by atomic mass is 9.93. The number of aliphatic carboxylic acids is 1. The highest BCUT2D eigenvalue weighted by Gasteiger charge is 2.50. The third-order valence-electron chi connectivity index (χ3n) is 3.09. The molecule has 1 aliphatic rings. The molecule has 1 aromatic heterocycles. The van der Waals surface area contributed by atoms with Gasteiger partial charge in [0.1, 0.15) is 17.8 Å². The summed E-state index contributed by atoms with van der Waals surface area (Å²) in [5.74, 6) is -5.37. The number of carbonyl (C=O) groups excluding carboxylic acids is 1. The topological polar surface area (TPSA) is 109 Å². The number of rotatable bonds is 3. The molecule has 0 radical (unpaired) electrons. The van der Waals surface area contributed by atoms with Crippen LogP contribution in [0.25, 0.3) is 0 Å². The number of alkyl halides is 3. The predicted molar refractivity (Wildman–Crippen MR) is 63.7 cm³/mol. The Hall–Kier alpha value is -2.39. The number of carboxylic acid groups (broad SMARTS) is 1. The van der Waals surface area contributed by atoms with Crippen LogP contribution < -0.4 is 10.6 Å². The quantitative estimate of drug-likeness (QED) is 0.765. The Morgan fingerprint density at radius 3 is 2.62 bits per heavy atom. The molecular formula is C11H11F3N4O3. The molecule has 1 aromatic rings. The van der Waals surface area contributed by atoms with Gasteiger partial charge in [-0.2, -0.15) is 0 Å². The van der Waals surface area contributed by atoms with Crippen molar-refractivity contribution in [1.82, 2.24) is 9.97 Å². The van der Waals surface area contributed by atoms with Gasteiger partial charge in [0.05, 0.1) is 6.54 Å². The highest BCUT2D eigenvalue weighted by atomic mass is 19.2. The molecule has 0 aliphatic carbocycles. The summed E-state index contributed by atoms with van der Waals surface area (Å²) in [6.45, 7) is -0.770. The minimum Gasteiger partial charge on any atom is -0.481 e. The van der Waals surface area contributed by atoms with E-state index in [1.165, 1.54) is 0 Å². The Morgan fingerprint density at radius 1 is 1.38 bits per heavy atom. The van der Waals surface area contributed by atoms with Crippen molar-refractivity contribution < 1.29 is 27.9 Å². The fourth-order valence-corrected chi connectivity index (χ4v) is 2.03. The van der Waals surface area contributed by atoms with Crippen molar-refractivity contribution in [2.45, 2.75) is 18.6 Å². The average molecular weight is 304 g/mol. The van der Waals surface area contributed by atoms with Crippen molar-refractivity contribution in [3.05, 3.63) is 18.0 Å². The molecule has 4 atom stereocenters. The Balaban J connectivity index is 2.36. The maximum atomic E-state index is 14.1. The first kappa shape index (κ1) is 15.0. The lowest BCUT2D eigenvalue weighted by Gasteiger charge is -2.38. The maximum absolute atomic E-state index is 14.1. The van der Waals surface area contributed by atoms with Crippen molar-refractivity contribution in [2.75, 3.05) is 11.4 Å². The van der Waals surface area contributed by atoms with Gasteiger partial charge in [0, 0.05) is 6.20 Å². The van der Waals surface area contributed by atoms with Gasteiger partial charge in [-0.25, -0.2) is 23.1 Å². The Labute approximate surface area is 116 Å². The molecule has 0 saturated carbocycles. The Kier molecular flexibility index (Phi) is 3.96. The number of amides is 1. The summed E-state index contributed by atoms with van der Waals surface area (Å²) >= 11 is 0. The largest absolute Gasteiger partial charge is 0.481 e. The first-order valence-corrected chi connectivity index (χ1v) is 5.87. The summed E-state index contributed by atoms with van der Waals surface area (Å²) in [7, 11) is 0. The molecule has 114 valence electrons. The van der Waals surface area contributed by atoms with Crippen LogP contribution in [0.3, 0.4) is 0 Å². The molecule has 1 fully saturated rings. The number of nitrogens with zero attached hydrogens (tertiary/aromatic N) is 3. The van der Waals surface area contributed by atoms with E-state index in [1.54, 1.807) is 0 Å². The lowest BCUT2D eigenvalue weighted by Crippen LogP contribution is -2.57. The maximum Gasteiger partial charge on any atom is 0.314 e. The van der Waals surface area contributed by atoms with Crippen molar-refractivity contribution in [1.29, 1.82) is 0 Å². The number of anilines is 1. The Bertz CT molecular complexity index is 573. The van der Waals surface area contributed by atoms with Crippen LogP contribution in [-0.4, -0.2) is 52.1 Å². The van der Waals surface area contributed by atoms with Gasteiger partial charge in [-0.1, -0.05) is 0 Å². The first-order chi connectivity index (χ1) is 9.82. The number of carbonyl (C=O) groups is 2. The van der Waals surface area contributed by atoms with E-state index in [4.69, 9.17) is 10.8 Å². The average Bonchev–Trinajstić information content (AvgIpc) is 2.42. The monoisotopic (exact) mass is 304 g/mol. The third-order valence-corrected chi connectivity index (χ3v) is 3.09. The Morgan fingerprint density at radius 2 is 2.05 bits per heavy atom. The van der Waals surface area contributed by atoms with Gasteiger partial charge in [0.25, 0.3) is 5.91 Å². The number of hydrogen-bond donors (Lipinski definition) is 2. The summed E-state index contributed by atoms with van der Waals surface area (Å²) in [5, 5.41) is 8.82. The number of piperidine rings is 1. The number of primary amides is 1. The summed E-state index contributed by atoms with van der Waals surface area (Å²) < 4.78 is 41.2. The number of carboxylic acids is 1. The zero-order valence-electron chi connectivity index (χ0n) is 10.5. The molecule has 1 aliphatic heterocycles. The summed E-state index contributed by atoms with van der Waals surface area (Å²) in [5.41, 5.74) is 4.75. The van der Waals surface area contributed by atoms with Gasteiger partial charge in [0.2, 0.25) is 5.95 Å². The number of halogens is 3. The number of hydrogen-bond acceptors (Lipinski definition) is 5. The normalized spacial score (nSPS) is 29.2. The van der Waals surface area contributed by atoms with E-state index in [0.29, 0.717) is 4.90 Å². The molecule has 0 bridgehead atoms. The van der Waals surface area contributed by atoms with Gasteiger partial charge >= 0.3 is 5.97 Å². The van der Waals surface area contributed by atoms with Crippen molar-refractivity contribution in [3.8, 4) is 0 Å². The van der Waals surface area contributed by atoms with E-state index >= 15 is 0 Å². The van der Waals surface area contributed by atoms with Gasteiger partial charge in [-0.3, -0.25) is 9.59 Å². The highest BCUT2D eigenvalue weighted by molar-refractivity contribution is 5.90. The molecule has 0 aromatic carbocycles. The van der Waals surface area contributed by atoms with Gasteiger partial charge in [-0.15, -0.1) is 0 Å². The van der Waals surface area contributed by atoms with Crippen molar-refractivity contribution in [2.24, 2.45) is 11.7 Å². The third kappa shape index (κ3) is 2.73. The van der Waals surface area contributed by atoms with Crippen LogP contribution in [0.15, 0.2) is 12.3 Å². The molecule has 1 amide bonds. The van der Waals surface area contributed by atoms with Crippen molar-refractivity contribution in [3.63, 3.8) is 0 Å². The molecule has 2 heterocycles. The number of nitrogens with two attached hydrogens (primary N) is 1. The van der Waals surface area contributed by atoms with E-state index < -0.39 is 48.9 Å². The molecular weight excluding hydrogens is 293 g/mol. The molecule has 1 saturated heterocycles. The van der Waals surface area contributed by atoms with Crippen LogP contribution in [0.5, 0.6) is 0 Å². The minimum atomic E-state index is -2.48. The number of aromatic nitrogens is 2. The zero-order valence-corrected chi connectivity index (χ0v) is 10.5. The van der Waals surface area contributed by atoms with E-state index in [2.05, 4.69) is 9.97 Å². The predicted octanol–water partition coefficient (Wildman–Crippen LogP) is 0.0681. The first-order valence-electron chi connectivity index (χ1n) is 5.87. The van der Waals surface area contributed by atoms with Gasteiger partial charge in [-0.05, 0) is 6.07 Å². The highest BCUT2D eigenvalue weighted by Crippen LogP contribution is 2.31. The molecule has 7 nitrogen and oxygen atoms in total. The minimum absolute atomic E-state index is 0.253. The summed E-state index contributed by atoms with van der Waals surface area (Å²) in [4.78, 5) is 29.7. The van der Waals surface area contributed by atoms with Crippen LogP contribution in [-0.2, 0) is 4.79 Å². The van der Waals surface area contributed by atoms with Gasteiger partial charge in [0.15, 0.2) is 12.5 Å². The molecule has 10 heteroatoms. The molecule has 0 spiro atoms. The standard InChI is InChI=1S/C11H11F3N4O3/c12-4-3-18(8(14)6(7(4)13)10(20)21)11-16-2-1-5(17-11)9(15)19/h1-2,4,6-8H,3H2,(H2,15,19)(H,20,21). The van der Waals surface area contributed by atoms with E-state index in [1.807, 2.05) is 0 Å². The van der Waals surface area contributed by atoms with Crippen LogP contribution in [0.4, 0.5) is 19.1 Å². The van der Waals surface area contributed by atoms with Crippen LogP contribution in [0.2, 0.25) is 0 Å². The second-order valence-corrected chi connectivity index (χ2v) is 4.46. The fourth-order valence-electron chi connectivity index (χ4n) is 2.03. The second-order valence-electron chi connectivity index (χ2n) is 4.46. The van der Waals surface area contributed by atoms with Crippen LogP contribution in [0, 0.1) is 5.92 Å². The fraction of sp³-hybridized carbons (Fsp3) is 0.455. The summed E-state index contributed by atoms with van der Waals surface area (Å²) in [6.07, 6.45) is -5.99. The van der Waals surface area contributed by atoms with E-state index in [9.17, 15) is 22.8 Å². The summed E-state index contributed by atoms with van der Waals surface area (Å²) in [6, 6.07) is 1.16. The van der Waals surface area contributed by atoms with E-state index in [-0.39, 0.29) is 5.69 Å². The molecule has 4 unspecified atom stereocenters. The molecule has 21 heavy (non-hydrogen) atoms. The molecule has 3 N–H and O–H groups in total. The van der Waals surface area contributed by atoms with Crippen LogP contribution in [0.1, 0.15) is 10.5 Å².